The molecule has 0 aromatic heterocycles. The molecule has 0 bridgehead atoms. The van der Waals surface area contributed by atoms with Gasteiger partial charge in [-0.2, -0.15) is 0 Å². The van der Waals surface area contributed by atoms with Crippen LogP contribution < -0.4 is 4.74 Å². The van der Waals surface area contributed by atoms with Gasteiger partial charge in [-0.25, -0.2) is 4.39 Å². The summed E-state index contributed by atoms with van der Waals surface area (Å²) in [5, 5.41) is 0.654. The lowest BCUT2D eigenvalue weighted by atomic mass is 10.1. The molecule has 2 fully saturated rings. The summed E-state index contributed by atoms with van der Waals surface area (Å²) in [6.07, 6.45) is 0. The smallest absolute Gasteiger partial charge is 0.260 e. The van der Waals surface area contributed by atoms with Gasteiger partial charge in [-0.15, -0.1) is 0 Å². The fourth-order valence-electron chi connectivity index (χ4n) is 4.63. The molecule has 34 heavy (non-hydrogen) atoms. The van der Waals surface area contributed by atoms with Crippen LogP contribution in [0.25, 0.3) is 0 Å². The van der Waals surface area contributed by atoms with Crippen molar-refractivity contribution in [3.63, 3.8) is 0 Å². The van der Waals surface area contributed by atoms with Gasteiger partial charge < -0.3 is 14.4 Å². The molecule has 0 N–H and O–H groups in total. The molecule has 2 aliphatic rings. The number of hydrogen-bond acceptors (Lipinski definition) is 5. The average molecular weight is 490 g/mol. The first-order chi connectivity index (χ1) is 16.4. The number of ether oxygens (including phenoxy) is 2. The maximum absolute atomic E-state index is 13.2. The molecule has 0 radical (unpaired) electrons. The van der Waals surface area contributed by atoms with Crippen LogP contribution in [-0.4, -0.2) is 78.7 Å². The van der Waals surface area contributed by atoms with Crippen molar-refractivity contribution < 1.29 is 18.7 Å². The Hall–Kier alpha value is -2.19. The molecule has 2 atom stereocenters. The summed E-state index contributed by atoms with van der Waals surface area (Å²) < 4.78 is 24.7. The molecule has 2 aromatic carbocycles. The first-order valence-electron chi connectivity index (χ1n) is 11.9. The van der Waals surface area contributed by atoms with E-state index in [2.05, 4.69) is 23.6 Å². The van der Waals surface area contributed by atoms with E-state index in [0.717, 1.165) is 50.5 Å². The fraction of sp³-hybridized carbons (Fsp3) is 0.500. The topological polar surface area (TPSA) is 45.3 Å². The zero-order chi connectivity index (χ0) is 24.1. The molecule has 2 saturated heterocycles. The van der Waals surface area contributed by atoms with E-state index < -0.39 is 0 Å². The number of nitrogens with zero attached hydrogens (tertiary/aromatic N) is 3. The van der Waals surface area contributed by atoms with Gasteiger partial charge in [-0.1, -0.05) is 23.7 Å². The minimum atomic E-state index is -0.227. The molecule has 184 valence electrons. The Morgan fingerprint density at radius 1 is 1.06 bits per heavy atom. The average Bonchev–Trinajstić information content (AvgIpc) is 2.82. The van der Waals surface area contributed by atoms with Crippen molar-refractivity contribution in [2.24, 2.45) is 0 Å². The second-order valence-electron chi connectivity index (χ2n) is 9.23. The van der Waals surface area contributed by atoms with Crippen LogP contribution in [0.5, 0.6) is 5.75 Å². The molecule has 2 aromatic rings. The molecule has 1 amide bonds. The highest BCUT2D eigenvalue weighted by atomic mass is 35.5. The predicted molar refractivity (Wildman–Crippen MR) is 130 cm³/mol. The summed E-state index contributed by atoms with van der Waals surface area (Å²) in [7, 11) is 0. The number of amides is 1. The normalized spacial score (nSPS) is 22.1. The van der Waals surface area contributed by atoms with Crippen molar-refractivity contribution in [3.8, 4) is 5.75 Å². The van der Waals surface area contributed by atoms with Gasteiger partial charge in [-0.05, 0) is 49.7 Å². The molecule has 0 aliphatic carbocycles. The lowest BCUT2D eigenvalue weighted by Gasteiger charge is -2.44. The third-order valence-corrected chi connectivity index (χ3v) is 6.84. The fourth-order valence-corrected chi connectivity index (χ4v) is 4.82. The van der Waals surface area contributed by atoms with Gasteiger partial charge in [-0.3, -0.25) is 14.6 Å². The lowest BCUT2D eigenvalue weighted by Crippen LogP contribution is -2.58. The Morgan fingerprint density at radius 3 is 2.53 bits per heavy atom. The van der Waals surface area contributed by atoms with Gasteiger partial charge in [0.2, 0.25) is 0 Å². The number of rotatable bonds is 7. The quantitative estimate of drug-likeness (QED) is 0.592. The molecule has 2 heterocycles. The molecule has 2 unspecified atom stereocenters. The van der Waals surface area contributed by atoms with Gasteiger partial charge in [0.1, 0.15) is 11.6 Å². The van der Waals surface area contributed by atoms with Crippen LogP contribution in [0.15, 0.2) is 42.5 Å². The van der Waals surface area contributed by atoms with E-state index in [4.69, 9.17) is 21.1 Å². The van der Waals surface area contributed by atoms with Crippen molar-refractivity contribution in [1.82, 2.24) is 14.7 Å². The summed E-state index contributed by atoms with van der Waals surface area (Å²) in [4.78, 5) is 19.6. The van der Waals surface area contributed by atoms with Crippen LogP contribution >= 0.6 is 11.6 Å². The summed E-state index contributed by atoms with van der Waals surface area (Å²) in [5.41, 5.74) is 2.05. The second-order valence-corrected chi connectivity index (χ2v) is 9.67. The number of carbonyl (C=O) groups is 1. The first kappa shape index (κ1) is 24.9. The van der Waals surface area contributed by atoms with Crippen LogP contribution in [0.3, 0.4) is 0 Å². The monoisotopic (exact) mass is 489 g/mol. The van der Waals surface area contributed by atoms with E-state index in [9.17, 15) is 9.18 Å². The standard InChI is InChI=1S/C26H33ClFN3O3/c1-19-15-31(20(2)14-30(19)16-21-3-6-24(28)7-4-21)26(32)18-34-25-8-5-23(27)13-22(25)17-29-9-11-33-12-10-29/h3-8,13,19-20H,9-12,14-18H2,1-2H3. The van der Waals surface area contributed by atoms with Crippen molar-refractivity contribution in [1.29, 1.82) is 0 Å². The zero-order valence-electron chi connectivity index (χ0n) is 19.9. The second kappa shape index (κ2) is 11.5. The Balaban J connectivity index is 1.34. The molecular weight excluding hydrogens is 457 g/mol. The van der Waals surface area contributed by atoms with E-state index in [1.165, 1.54) is 12.1 Å². The Labute approximate surface area is 206 Å². The van der Waals surface area contributed by atoms with Crippen molar-refractivity contribution in [3.05, 3.63) is 64.4 Å². The maximum Gasteiger partial charge on any atom is 0.260 e. The highest BCUT2D eigenvalue weighted by molar-refractivity contribution is 6.30. The van der Waals surface area contributed by atoms with E-state index in [0.29, 0.717) is 23.9 Å². The zero-order valence-corrected chi connectivity index (χ0v) is 20.6. The summed E-state index contributed by atoms with van der Waals surface area (Å²) in [6, 6.07) is 12.4. The van der Waals surface area contributed by atoms with E-state index in [-0.39, 0.29) is 30.4 Å². The number of halogens is 2. The molecular formula is C26H33ClFN3O3. The minimum absolute atomic E-state index is 0.00718. The van der Waals surface area contributed by atoms with Gasteiger partial charge >= 0.3 is 0 Å². The highest BCUT2D eigenvalue weighted by Crippen LogP contribution is 2.25. The Bertz CT molecular complexity index is 968. The molecule has 0 spiro atoms. The van der Waals surface area contributed by atoms with E-state index in [1.54, 1.807) is 6.07 Å². The highest BCUT2D eigenvalue weighted by Gasteiger charge is 2.32. The summed E-state index contributed by atoms with van der Waals surface area (Å²) >= 11 is 6.24. The number of carbonyl (C=O) groups excluding carboxylic acids is 1. The molecule has 8 heteroatoms. The Kier molecular flexibility index (Phi) is 8.42. The molecule has 4 rings (SSSR count). The third-order valence-electron chi connectivity index (χ3n) is 6.61. The Morgan fingerprint density at radius 2 is 1.79 bits per heavy atom. The SMILES string of the molecule is CC1CN(C(=O)COc2ccc(Cl)cc2CN2CCOCC2)C(C)CN1Cc1ccc(F)cc1. The minimum Gasteiger partial charge on any atom is -0.483 e. The van der Waals surface area contributed by atoms with Crippen LogP contribution in [0, 0.1) is 5.82 Å². The van der Waals surface area contributed by atoms with Crippen LogP contribution in [0.2, 0.25) is 5.02 Å². The number of hydrogen-bond donors (Lipinski definition) is 0. The van der Waals surface area contributed by atoms with Gasteiger partial charge in [0.25, 0.3) is 5.91 Å². The largest absolute Gasteiger partial charge is 0.483 e. The van der Waals surface area contributed by atoms with E-state index in [1.807, 2.05) is 29.2 Å². The van der Waals surface area contributed by atoms with E-state index >= 15 is 0 Å². The number of morpholine rings is 1. The summed E-state index contributed by atoms with van der Waals surface area (Å²) in [6.45, 7) is 10.2. The third kappa shape index (κ3) is 6.48. The number of benzene rings is 2. The summed E-state index contributed by atoms with van der Waals surface area (Å²) in [5.74, 6) is 0.447. The maximum atomic E-state index is 13.2. The van der Waals surface area contributed by atoms with Crippen LogP contribution in [-0.2, 0) is 22.6 Å². The predicted octanol–water partition coefficient (Wildman–Crippen LogP) is 3.81. The van der Waals surface area contributed by atoms with Gasteiger partial charge in [0.05, 0.1) is 13.2 Å². The first-order valence-corrected chi connectivity index (χ1v) is 12.3. The molecule has 6 nitrogen and oxygen atoms in total. The van der Waals surface area contributed by atoms with Gasteiger partial charge in [0, 0.05) is 61.9 Å². The number of piperazine rings is 1. The van der Waals surface area contributed by atoms with Crippen molar-refractivity contribution in [2.75, 3.05) is 46.0 Å². The van der Waals surface area contributed by atoms with Crippen molar-refractivity contribution >= 4 is 17.5 Å². The van der Waals surface area contributed by atoms with Crippen LogP contribution in [0.1, 0.15) is 25.0 Å². The molecule has 2 aliphatic heterocycles. The van der Waals surface area contributed by atoms with Crippen molar-refractivity contribution in [2.45, 2.75) is 39.0 Å². The van der Waals surface area contributed by atoms with Crippen LogP contribution in [0.4, 0.5) is 4.39 Å². The molecule has 0 saturated carbocycles. The van der Waals surface area contributed by atoms with Gasteiger partial charge in [0.15, 0.2) is 6.61 Å². The lowest BCUT2D eigenvalue weighted by molar-refractivity contribution is -0.139.